The summed E-state index contributed by atoms with van der Waals surface area (Å²) in [5.74, 6) is 0. The van der Waals surface area contributed by atoms with Crippen LogP contribution in [0.2, 0.25) is 0 Å². The number of carbonyl (C=O) groups is 1. The van der Waals surface area contributed by atoms with E-state index in [0.717, 1.165) is 5.56 Å². The van der Waals surface area contributed by atoms with E-state index in [1.54, 1.807) is 24.4 Å². The molecule has 0 aromatic heterocycles. The molecule has 1 amide bonds. The molecule has 0 aliphatic heterocycles. The lowest BCUT2D eigenvalue weighted by atomic mass is 10.2. The Labute approximate surface area is 88.6 Å². The molecule has 0 fully saturated rings. The second-order valence-corrected chi connectivity index (χ2v) is 3.56. The first-order valence-electron chi connectivity index (χ1n) is 4.28. The molecule has 74 valence electrons. The lowest BCUT2D eigenvalue weighted by molar-refractivity contribution is 0.245. The van der Waals surface area contributed by atoms with Gasteiger partial charge in [-0.1, -0.05) is 42.1 Å². The van der Waals surface area contributed by atoms with E-state index in [4.69, 9.17) is 0 Å². The van der Waals surface area contributed by atoms with Gasteiger partial charge in [-0.05, 0) is 17.9 Å². The molecular weight excluding hydrogens is 194 g/mol. The van der Waals surface area contributed by atoms with Crippen LogP contribution in [-0.2, 0) is 0 Å². The molecule has 0 aliphatic rings. The van der Waals surface area contributed by atoms with Gasteiger partial charge in [0.25, 0.3) is 5.24 Å². The van der Waals surface area contributed by atoms with Crippen molar-refractivity contribution in [2.75, 3.05) is 13.3 Å². The van der Waals surface area contributed by atoms with Crippen LogP contribution in [0.3, 0.4) is 0 Å². The van der Waals surface area contributed by atoms with Crippen LogP contribution in [-0.4, -0.2) is 23.4 Å². The van der Waals surface area contributed by atoms with E-state index in [-0.39, 0.29) is 5.24 Å². The summed E-state index contributed by atoms with van der Waals surface area (Å²) >= 11 is 1.20. The fraction of sp³-hybridized carbons (Fsp3) is 0.182. The molecule has 0 saturated heterocycles. The molecule has 0 saturated carbocycles. The third kappa shape index (κ3) is 3.26. The van der Waals surface area contributed by atoms with Gasteiger partial charge in [-0.3, -0.25) is 4.79 Å². The summed E-state index contributed by atoms with van der Waals surface area (Å²) in [5.41, 5.74) is 1.09. The van der Waals surface area contributed by atoms with Crippen LogP contribution in [0.5, 0.6) is 0 Å². The summed E-state index contributed by atoms with van der Waals surface area (Å²) in [6, 6.07) is 9.89. The Balaban J connectivity index is 2.60. The van der Waals surface area contributed by atoms with E-state index < -0.39 is 0 Å². The predicted octanol–water partition coefficient (Wildman–Crippen LogP) is 3.07. The standard InChI is InChI=1S/C11H13NOS/c1-12(11(13)14-2)9-8-10-6-4-3-5-7-10/h3-9H,1-2H3/b9-8+. The molecule has 0 bridgehead atoms. The van der Waals surface area contributed by atoms with Gasteiger partial charge in [0.15, 0.2) is 0 Å². The third-order valence-corrected chi connectivity index (χ3v) is 2.39. The monoisotopic (exact) mass is 207 g/mol. The van der Waals surface area contributed by atoms with Crippen molar-refractivity contribution in [1.29, 1.82) is 0 Å². The first-order chi connectivity index (χ1) is 6.74. The predicted molar refractivity (Wildman–Crippen MR) is 62.2 cm³/mol. The van der Waals surface area contributed by atoms with Crippen molar-refractivity contribution in [2.24, 2.45) is 0 Å². The molecule has 0 aliphatic carbocycles. The molecule has 1 aromatic rings. The molecule has 1 rings (SSSR count). The van der Waals surface area contributed by atoms with Gasteiger partial charge in [0.1, 0.15) is 0 Å². The Morgan fingerprint density at radius 1 is 1.36 bits per heavy atom. The van der Waals surface area contributed by atoms with E-state index in [0.29, 0.717) is 0 Å². The number of benzene rings is 1. The van der Waals surface area contributed by atoms with Gasteiger partial charge in [0.2, 0.25) is 0 Å². The Morgan fingerprint density at radius 3 is 2.57 bits per heavy atom. The van der Waals surface area contributed by atoms with Crippen LogP contribution in [0.25, 0.3) is 6.08 Å². The van der Waals surface area contributed by atoms with Crippen molar-refractivity contribution >= 4 is 23.1 Å². The van der Waals surface area contributed by atoms with Gasteiger partial charge < -0.3 is 4.90 Å². The number of amides is 1. The minimum absolute atomic E-state index is 0.0391. The molecule has 0 atom stereocenters. The highest BCUT2D eigenvalue weighted by molar-refractivity contribution is 8.12. The maximum Gasteiger partial charge on any atom is 0.285 e. The van der Waals surface area contributed by atoms with Crippen molar-refractivity contribution in [1.82, 2.24) is 4.90 Å². The summed E-state index contributed by atoms with van der Waals surface area (Å²) in [4.78, 5) is 12.7. The average molecular weight is 207 g/mol. The largest absolute Gasteiger partial charge is 0.313 e. The van der Waals surface area contributed by atoms with Gasteiger partial charge in [-0.25, -0.2) is 0 Å². The zero-order valence-corrected chi connectivity index (χ0v) is 9.12. The molecule has 0 radical (unpaired) electrons. The van der Waals surface area contributed by atoms with Gasteiger partial charge in [-0.2, -0.15) is 0 Å². The van der Waals surface area contributed by atoms with E-state index in [2.05, 4.69) is 0 Å². The number of nitrogens with zero attached hydrogens (tertiary/aromatic N) is 1. The fourth-order valence-corrected chi connectivity index (χ4v) is 1.32. The zero-order valence-electron chi connectivity index (χ0n) is 8.31. The first-order valence-corrected chi connectivity index (χ1v) is 5.50. The SMILES string of the molecule is CSC(=O)N(C)/C=C/c1ccccc1. The smallest absolute Gasteiger partial charge is 0.285 e. The summed E-state index contributed by atoms with van der Waals surface area (Å²) in [6.07, 6.45) is 5.46. The van der Waals surface area contributed by atoms with Gasteiger partial charge in [-0.15, -0.1) is 0 Å². The Kier molecular flexibility index (Phi) is 4.26. The normalized spacial score (nSPS) is 10.4. The molecule has 0 heterocycles. The first kappa shape index (κ1) is 10.9. The fourth-order valence-electron chi connectivity index (χ4n) is 0.967. The van der Waals surface area contributed by atoms with E-state index in [1.807, 2.05) is 36.4 Å². The van der Waals surface area contributed by atoms with Gasteiger partial charge >= 0.3 is 0 Å². The van der Waals surface area contributed by atoms with Crippen LogP contribution in [0.15, 0.2) is 36.5 Å². The van der Waals surface area contributed by atoms with Crippen LogP contribution in [0, 0.1) is 0 Å². The summed E-state index contributed by atoms with van der Waals surface area (Å²) in [7, 11) is 1.75. The molecule has 14 heavy (non-hydrogen) atoms. The molecule has 0 N–H and O–H groups in total. The Morgan fingerprint density at radius 2 is 2.00 bits per heavy atom. The zero-order chi connectivity index (χ0) is 10.4. The quantitative estimate of drug-likeness (QED) is 0.742. The highest BCUT2D eigenvalue weighted by Crippen LogP contribution is 2.05. The number of hydrogen-bond acceptors (Lipinski definition) is 2. The van der Waals surface area contributed by atoms with Crippen molar-refractivity contribution in [3.8, 4) is 0 Å². The van der Waals surface area contributed by atoms with Crippen LogP contribution < -0.4 is 0 Å². The van der Waals surface area contributed by atoms with Crippen molar-refractivity contribution < 1.29 is 4.79 Å². The average Bonchev–Trinajstić information content (AvgIpc) is 2.26. The highest BCUT2D eigenvalue weighted by atomic mass is 32.2. The Hall–Kier alpha value is -1.22. The topological polar surface area (TPSA) is 20.3 Å². The molecule has 1 aromatic carbocycles. The van der Waals surface area contributed by atoms with Crippen molar-refractivity contribution in [2.45, 2.75) is 0 Å². The van der Waals surface area contributed by atoms with E-state index in [1.165, 1.54) is 11.8 Å². The third-order valence-electron chi connectivity index (χ3n) is 1.75. The van der Waals surface area contributed by atoms with Crippen LogP contribution >= 0.6 is 11.8 Å². The number of carbonyl (C=O) groups excluding carboxylic acids is 1. The minimum Gasteiger partial charge on any atom is -0.313 e. The van der Waals surface area contributed by atoms with E-state index >= 15 is 0 Å². The van der Waals surface area contributed by atoms with E-state index in [9.17, 15) is 4.79 Å². The summed E-state index contributed by atoms with van der Waals surface area (Å²) < 4.78 is 0. The lowest BCUT2D eigenvalue weighted by Crippen LogP contribution is -2.14. The Bertz CT molecular complexity index is 321. The highest BCUT2D eigenvalue weighted by Gasteiger charge is 2.00. The van der Waals surface area contributed by atoms with Crippen molar-refractivity contribution in [3.63, 3.8) is 0 Å². The maximum atomic E-state index is 11.2. The second-order valence-electron chi connectivity index (χ2n) is 2.81. The molecule has 0 unspecified atom stereocenters. The van der Waals surface area contributed by atoms with Gasteiger partial charge in [0, 0.05) is 13.2 Å². The minimum atomic E-state index is 0.0391. The molecular formula is C11H13NOS. The summed E-state index contributed by atoms with van der Waals surface area (Å²) in [5, 5.41) is 0.0391. The summed E-state index contributed by atoms with van der Waals surface area (Å²) in [6.45, 7) is 0. The lowest BCUT2D eigenvalue weighted by Gasteiger charge is -2.08. The van der Waals surface area contributed by atoms with Crippen LogP contribution in [0.4, 0.5) is 4.79 Å². The van der Waals surface area contributed by atoms with Crippen molar-refractivity contribution in [3.05, 3.63) is 42.1 Å². The number of hydrogen-bond donors (Lipinski definition) is 0. The maximum absolute atomic E-state index is 11.2. The molecule has 0 spiro atoms. The van der Waals surface area contributed by atoms with Gasteiger partial charge in [0.05, 0.1) is 0 Å². The number of thioether (sulfide) groups is 1. The van der Waals surface area contributed by atoms with Crippen LogP contribution in [0.1, 0.15) is 5.56 Å². The molecule has 2 nitrogen and oxygen atoms in total. The second kappa shape index (κ2) is 5.50. The number of rotatable bonds is 2. The molecule has 3 heteroatoms.